The second-order valence-corrected chi connectivity index (χ2v) is 8.01. The SMILES string of the molecule is Cc1cccc(CNc2cc(-c3cccc(OC(F)(F)F)c3)nc(NC3CCCC3)n2)c1. The number of nitrogens with zero attached hydrogens (tertiary/aromatic N) is 2. The first-order chi connectivity index (χ1) is 15.3. The zero-order valence-corrected chi connectivity index (χ0v) is 17.7. The molecule has 32 heavy (non-hydrogen) atoms. The molecule has 3 aromatic rings. The number of nitrogens with one attached hydrogen (secondary N) is 2. The van der Waals surface area contributed by atoms with Gasteiger partial charge in [-0.25, -0.2) is 4.98 Å². The van der Waals surface area contributed by atoms with Crippen LogP contribution in [0.5, 0.6) is 5.75 Å². The first-order valence-corrected chi connectivity index (χ1v) is 10.7. The van der Waals surface area contributed by atoms with Gasteiger partial charge in [0, 0.05) is 24.2 Å². The van der Waals surface area contributed by atoms with Gasteiger partial charge in [-0.05, 0) is 37.5 Å². The maximum atomic E-state index is 12.7. The van der Waals surface area contributed by atoms with E-state index in [1.807, 2.05) is 25.1 Å². The third-order valence-electron chi connectivity index (χ3n) is 5.33. The molecule has 1 aromatic heterocycles. The Labute approximate surface area is 185 Å². The molecule has 8 heteroatoms. The van der Waals surface area contributed by atoms with E-state index in [0.717, 1.165) is 36.8 Å². The minimum Gasteiger partial charge on any atom is -0.406 e. The lowest BCUT2D eigenvalue weighted by Crippen LogP contribution is -2.18. The number of benzene rings is 2. The Balaban J connectivity index is 1.61. The van der Waals surface area contributed by atoms with Crippen molar-refractivity contribution in [3.05, 3.63) is 65.7 Å². The second-order valence-electron chi connectivity index (χ2n) is 8.01. The number of aryl methyl sites for hydroxylation is 1. The Morgan fingerprint density at radius 3 is 2.53 bits per heavy atom. The molecule has 4 rings (SSSR count). The van der Waals surface area contributed by atoms with Crippen LogP contribution in [0.2, 0.25) is 0 Å². The molecule has 0 spiro atoms. The summed E-state index contributed by atoms with van der Waals surface area (Å²) < 4.78 is 42.0. The maximum Gasteiger partial charge on any atom is 0.573 e. The predicted molar refractivity (Wildman–Crippen MR) is 119 cm³/mol. The van der Waals surface area contributed by atoms with Crippen LogP contribution >= 0.6 is 0 Å². The zero-order valence-electron chi connectivity index (χ0n) is 17.7. The number of ether oxygens (including phenoxy) is 1. The number of alkyl halides is 3. The predicted octanol–water partition coefficient (Wildman–Crippen LogP) is 6.32. The molecule has 168 valence electrons. The van der Waals surface area contributed by atoms with Crippen LogP contribution in [0.1, 0.15) is 36.8 Å². The topological polar surface area (TPSA) is 59.1 Å². The van der Waals surface area contributed by atoms with E-state index >= 15 is 0 Å². The van der Waals surface area contributed by atoms with Gasteiger partial charge in [0.15, 0.2) is 0 Å². The summed E-state index contributed by atoms with van der Waals surface area (Å²) in [5, 5.41) is 6.69. The number of hydrogen-bond donors (Lipinski definition) is 2. The molecule has 0 atom stereocenters. The van der Waals surface area contributed by atoms with Gasteiger partial charge in [-0.1, -0.05) is 54.8 Å². The highest BCUT2D eigenvalue weighted by atomic mass is 19.4. The van der Waals surface area contributed by atoms with Gasteiger partial charge in [-0.3, -0.25) is 0 Å². The fraction of sp³-hybridized carbons (Fsp3) is 0.333. The van der Waals surface area contributed by atoms with Crippen LogP contribution in [0, 0.1) is 6.92 Å². The van der Waals surface area contributed by atoms with Gasteiger partial charge < -0.3 is 15.4 Å². The van der Waals surface area contributed by atoms with Crippen LogP contribution in [0.3, 0.4) is 0 Å². The molecular formula is C24H25F3N4O. The summed E-state index contributed by atoms with van der Waals surface area (Å²) in [6.07, 6.45) is -0.331. The first-order valence-electron chi connectivity index (χ1n) is 10.7. The lowest BCUT2D eigenvalue weighted by atomic mass is 10.1. The summed E-state index contributed by atoms with van der Waals surface area (Å²) in [5.41, 5.74) is 3.30. The Morgan fingerprint density at radius 1 is 1.00 bits per heavy atom. The van der Waals surface area contributed by atoms with E-state index in [0.29, 0.717) is 35.6 Å². The molecule has 0 bridgehead atoms. The van der Waals surface area contributed by atoms with Crippen molar-refractivity contribution in [2.24, 2.45) is 0 Å². The summed E-state index contributed by atoms with van der Waals surface area (Å²) in [4.78, 5) is 9.17. The van der Waals surface area contributed by atoms with Crippen molar-refractivity contribution in [2.75, 3.05) is 10.6 Å². The van der Waals surface area contributed by atoms with Crippen LogP contribution in [0.25, 0.3) is 11.3 Å². The number of hydrogen-bond acceptors (Lipinski definition) is 5. The van der Waals surface area contributed by atoms with Gasteiger partial charge in [0.2, 0.25) is 5.95 Å². The van der Waals surface area contributed by atoms with Crippen LogP contribution in [0.4, 0.5) is 24.9 Å². The molecule has 0 aliphatic heterocycles. The van der Waals surface area contributed by atoms with Gasteiger partial charge in [-0.15, -0.1) is 13.2 Å². The molecule has 0 saturated heterocycles. The number of aromatic nitrogens is 2. The van der Waals surface area contributed by atoms with Crippen LogP contribution in [-0.2, 0) is 6.54 Å². The molecule has 1 aliphatic rings. The third kappa shape index (κ3) is 6.12. The summed E-state index contributed by atoms with van der Waals surface area (Å²) >= 11 is 0. The van der Waals surface area contributed by atoms with Crippen molar-refractivity contribution in [1.82, 2.24) is 9.97 Å². The van der Waals surface area contributed by atoms with E-state index in [4.69, 9.17) is 0 Å². The highest BCUT2D eigenvalue weighted by Crippen LogP contribution is 2.29. The van der Waals surface area contributed by atoms with Gasteiger partial charge in [0.1, 0.15) is 11.6 Å². The van der Waals surface area contributed by atoms with Crippen molar-refractivity contribution < 1.29 is 17.9 Å². The van der Waals surface area contributed by atoms with Crippen molar-refractivity contribution in [2.45, 2.75) is 51.6 Å². The highest BCUT2D eigenvalue weighted by molar-refractivity contribution is 5.66. The van der Waals surface area contributed by atoms with E-state index < -0.39 is 6.36 Å². The largest absolute Gasteiger partial charge is 0.573 e. The van der Waals surface area contributed by atoms with Crippen molar-refractivity contribution in [3.63, 3.8) is 0 Å². The minimum absolute atomic E-state index is 0.284. The normalized spacial score (nSPS) is 14.4. The average molecular weight is 442 g/mol. The van der Waals surface area contributed by atoms with Crippen molar-refractivity contribution in [3.8, 4) is 17.0 Å². The molecule has 1 heterocycles. The monoisotopic (exact) mass is 442 g/mol. The minimum atomic E-state index is -4.75. The number of halogens is 3. The molecule has 0 amide bonds. The molecular weight excluding hydrogens is 417 g/mol. The quantitative estimate of drug-likeness (QED) is 0.449. The molecule has 0 radical (unpaired) electrons. The highest BCUT2D eigenvalue weighted by Gasteiger charge is 2.31. The summed E-state index contributed by atoms with van der Waals surface area (Å²) in [5.74, 6) is 0.774. The second kappa shape index (κ2) is 9.46. The average Bonchev–Trinajstić information content (AvgIpc) is 3.24. The fourth-order valence-corrected chi connectivity index (χ4v) is 3.87. The first kappa shape index (κ1) is 21.9. The molecule has 2 aromatic carbocycles. The lowest BCUT2D eigenvalue weighted by Gasteiger charge is -2.15. The van der Waals surface area contributed by atoms with E-state index in [9.17, 15) is 13.2 Å². The standard InChI is InChI=1S/C24H25F3N4O/c1-16-6-4-7-17(12-16)15-28-22-14-21(30-23(31-22)29-19-9-2-3-10-19)18-8-5-11-20(13-18)32-24(25,26)27/h4-8,11-14,19H,2-3,9-10,15H2,1H3,(H2,28,29,30,31). The van der Waals surface area contributed by atoms with Crippen LogP contribution < -0.4 is 15.4 Å². The van der Waals surface area contributed by atoms with Gasteiger partial charge in [0.25, 0.3) is 0 Å². The summed E-state index contributed by atoms with van der Waals surface area (Å²) in [6.45, 7) is 2.60. The summed E-state index contributed by atoms with van der Waals surface area (Å²) in [6, 6.07) is 16.0. The molecule has 1 fully saturated rings. The number of anilines is 2. The van der Waals surface area contributed by atoms with E-state index in [-0.39, 0.29) is 5.75 Å². The van der Waals surface area contributed by atoms with Crippen molar-refractivity contribution >= 4 is 11.8 Å². The van der Waals surface area contributed by atoms with Gasteiger partial charge in [-0.2, -0.15) is 4.98 Å². The molecule has 1 saturated carbocycles. The van der Waals surface area contributed by atoms with Crippen LogP contribution in [-0.4, -0.2) is 22.4 Å². The number of rotatable bonds is 7. The summed E-state index contributed by atoms with van der Waals surface area (Å²) in [7, 11) is 0. The zero-order chi connectivity index (χ0) is 22.6. The Bertz CT molecular complexity index is 1070. The molecule has 0 unspecified atom stereocenters. The van der Waals surface area contributed by atoms with Gasteiger partial charge in [0.05, 0.1) is 5.69 Å². The van der Waals surface area contributed by atoms with E-state index in [2.05, 4.69) is 31.4 Å². The van der Waals surface area contributed by atoms with Gasteiger partial charge >= 0.3 is 6.36 Å². The lowest BCUT2D eigenvalue weighted by molar-refractivity contribution is -0.274. The van der Waals surface area contributed by atoms with E-state index in [1.54, 1.807) is 12.1 Å². The smallest absolute Gasteiger partial charge is 0.406 e. The van der Waals surface area contributed by atoms with Crippen molar-refractivity contribution in [1.29, 1.82) is 0 Å². The van der Waals surface area contributed by atoms with Crippen LogP contribution in [0.15, 0.2) is 54.6 Å². The Hall–Kier alpha value is -3.29. The third-order valence-corrected chi connectivity index (χ3v) is 5.33. The van der Waals surface area contributed by atoms with E-state index in [1.165, 1.54) is 18.2 Å². The molecule has 5 nitrogen and oxygen atoms in total. The maximum absolute atomic E-state index is 12.7. The fourth-order valence-electron chi connectivity index (χ4n) is 3.87. The Morgan fingerprint density at radius 2 is 1.78 bits per heavy atom. The molecule has 2 N–H and O–H groups in total. The molecule has 1 aliphatic carbocycles. The Kier molecular flexibility index (Phi) is 6.48.